The summed E-state index contributed by atoms with van der Waals surface area (Å²) in [5.41, 5.74) is 0.559. The summed E-state index contributed by atoms with van der Waals surface area (Å²) in [7, 11) is 4.10. The Morgan fingerprint density at radius 2 is 2.00 bits per heavy atom. The molecule has 0 amide bonds. The highest BCUT2D eigenvalue weighted by atomic mass is 14.9. The van der Waals surface area contributed by atoms with Gasteiger partial charge in [0.25, 0.3) is 0 Å². The minimum absolute atomic E-state index is 0.559. The standard InChI is InChI=1S/C9H20N2/c1-8(11-3)9(7-10-2)5-4-6-9/h8,10-11H,4-7H2,1-3H3. The van der Waals surface area contributed by atoms with Gasteiger partial charge in [-0.15, -0.1) is 0 Å². The molecular weight excluding hydrogens is 136 g/mol. The average Bonchev–Trinajstić information content (AvgIpc) is 1.95. The van der Waals surface area contributed by atoms with Crippen LogP contribution in [0.3, 0.4) is 0 Å². The van der Waals surface area contributed by atoms with Gasteiger partial charge in [0, 0.05) is 12.6 Å². The van der Waals surface area contributed by atoms with Crippen molar-refractivity contribution < 1.29 is 0 Å². The third kappa shape index (κ3) is 1.57. The molecule has 1 atom stereocenters. The van der Waals surface area contributed by atoms with Gasteiger partial charge in [-0.2, -0.15) is 0 Å². The maximum atomic E-state index is 3.35. The van der Waals surface area contributed by atoms with E-state index >= 15 is 0 Å². The molecule has 2 N–H and O–H groups in total. The third-order valence-electron chi connectivity index (χ3n) is 3.23. The van der Waals surface area contributed by atoms with Crippen molar-refractivity contribution in [1.82, 2.24) is 10.6 Å². The first kappa shape index (κ1) is 9.01. The van der Waals surface area contributed by atoms with Crippen LogP contribution in [0.4, 0.5) is 0 Å². The van der Waals surface area contributed by atoms with Crippen LogP contribution in [0.2, 0.25) is 0 Å². The van der Waals surface area contributed by atoms with E-state index in [1.54, 1.807) is 0 Å². The first-order valence-electron chi connectivity index (χ1n) is 4.57. The lowest BCUT2D eigenvalue weighted by molar-refractivity contribution is 0.0880. The SMILES string of the molecule is CNCC1(C(C)NC)CCC1. The van der Waals surface area contributed by atoms with Gasteiger partial charge in [-0.1, -0.05) is 6.42 Å². The molecule has 1 aliphatic rings. The van der Waals surface area contributed by atoms with Gasteiger partial charge >= 0.3 is 0 Å². The fourth-order valence-electron chi connectivity index (χ4n) is 2.05. The van der Waals surface area contributed by atoms with Gasteiger partial charge in [0.05, 0.1) is 0 Å². The van der Waals surface area contributed by atoms with Gasteiger partial charge in [0.1, 0.15) is 0 Å². The molecular formula is C9H20N2. The Balaban J connectivity index is 2.45. The predicted octanol–water partition coefficient (Wildman–Crippen LogP) is 0.984. The molecule has 66 valence electrons. The Kier molecular flexibility index (Phi) is 2.90. The second kappa shape index (κ2) is 3.55. The molecule has 0 heterocycles. The van der Waals surface area contributed by atoms with Crippen molar-refractivity contribution in [3.63, 3.8) is 0 Å². The topological polar surface area (TPSA) is 24.1 Å². The van der Waals surface area contributed by atoms with Crippen molar-refractivity contribution in [1.29, 1.82) is 0 Å². The lowest BCUT2D eigenvalue weighted by Crippen LogP contribution is -2.51. The van der Waals surface area contributed by atoms with Crippen molar-refractivity contribution in [2.45, 2.75) is 32.2 Å². The van der Waals surface area contributed by atoms with Crippen LogP contribution in [0, 0.1) is 5.41 Å². The van der Waals surface area contributed by atoms with E-state index in [1.807, 2.05) is 7.05 Å². The molecule has 0 aromatic rings. The molecule has 0 aliphatic heterocycles. The highest BCUT2D eigenvalue weighted by Gasteiger charge is 2.40. The first-order chi connectivity index (χ1) is 5.25. The Morgan fingerprint density at radius 3 is 2.27 bits per heavy atom. The quantitative estimate of drug-likeness (QED) is 0.634. The van der Waals surface area contributed by atoms with E-state index in [9.17, 15) is 0 Å². The van der Waals surface area contributed by atoms with Crippen LogP contribution in [0.1, 0.15) is 26.2 Å². The highest BCUT2D eigenvalue weighted by Crippen LogP contribution is 2.43. The van der Waals surface area contributed by atoms with Crippen LogP contribution in [0.15, 0.2) is 0 Å². The zero-order valence-electron chi connectivity index (χ0n) is 7.91. The fraction of sp³-hybridized carbons (Fsp3) is 1.00. The minimum atomic E-state index is 0.559. The van der Waals surface area contributed by atoms with Gasteiger partial charge in [0.2, 0.25) is 0 Å². The monoisotopic (exact) mass is 156 g/mol. The van der Waals surface area contributed by atoms with Crippen LogP contribution in [-0.2, 0) is 0 Å². The predicted molar refractivity (Wildman–Crippen MR) is 48.7 cm³/mol. The van der Waals surface area contributed by atoms with Crippen molar-refractivity contribution in [3.05, 3.63) is 0 Å². The van der Waals surface area contributed by atoms with Crippen molar-refractivity contribution in [3.8, 4) is 0 Å². The van der Waals surface area contributed by atoms with E-state index in [0.717, 1.165) is 6.54 Å². The molecule has 0 spiro atoms. The average molecular weight is 156 g/mol. The summed E-state index contributed by atoms with van der Waals surface area (Å²) < 4.78 is 0. The molecule has 2 heteroatoms. The zero-order valence-corrected chi connectivity index (χ0v) is 7.91. The Bertz CT molecular complexity index is 119. The van der Waals surface area contributed by atoms with Crippen LogP contribution < -0.4 is 10.6 Å². The van der Waals surface area contributed by atoms with E-state index in [4.69, 9.17) is 0 Å². The highest BCUT2D eigenvalue weighted by molar-refractivity contribution is 4.96. The maximum absolute atomic E-state index is 3.35. The summed E-state index contributed by atoms with van der Waals surface area (Å²) >= 11 is 0. The first-order valence-corrected chi connectivity index (χ1v) is 4.57. The van der Waals surface area contributed by atoms with Crippen LogP contribution in [0.5, 0.6) is 0 Å². The van der Waals surface area contributed by atoms with Crippen LogP contribution in [-0.4, -0.2) is 26.7 Å². The molecule has 1 rings (SSSR count). The van der Waals surface area contributed by atoms with Gasteiger partial charge in [-0.25, -0.2) is 0 Å². The molecule has 0 saturated heterocycles. The van der Waals surface area contributed by atoms with Gasteiger partial charge < -0.3 is 10.6 Å². The normalized spacial score (nSPS) is 24.3. The number of rotatable bonds is 4. The molecule has 1 aliphatic carbocycles. The van der Waals surface area contributed by atoms with E-state index in [1.165, 1.54) is 19.3 Å². The van der Waals surface area contributed by atoms with E-state index in [-0.39, 0.29) is 0 Å². The summed E-state index contributed by atoms with van der Waals surface area (Å²) in [5, 5.41) is 6.64. The Labute approximate surface area is 69.8 Å². The minimum Gasteiger partial charge on any atom is -0.319 e. The van der Waals surface area contributed by atoms with Crippen molar-refractivity contribution in [2.24, 2.45) is 5.41 Å². The summed E-state index contributed by atoms with van der Waals surface area (Å²) in [5.74, 6) is 0. The summed E-state index contributed by atoms with van der Waals surface area (Å²) in [6.07, 6.45) is 4.18. The fourth-order valence-corrected chi connectivity index (χ4v) is 2.05. The molecule has 1 unspecified atom stereocenters. The molecule has 1 saturated carbocycles. The number of hydrogen-bond donors (Lipinski definition) is 2. The van der Waals surface area contributed by atoms with E-state index in [2.05, 4.69) is 24.6 Å². The largest absolute Gasteiger partial charge is 0.319 e. The maximum Gasteiger partial charge on any atom is 0.0104 e. The summed E-state index contributed by atoms with van der Waals surface area (Å²) in [4.78, 5) is 0. The third-order valence-corrected chi connectivity index (χ3v) is 3.23. The second-order valence-corrected chi connectivity index (χ2v) is 3.76. The molecule has 2 nitrogen and oxygen atoms in total. The van der Waals surface area contributed by atoms with E-state index < -0.39 is 0 Å². The van der Waals surface area contributed by atoms with Gasteiger partial charge in [-0.3, -0.25) is 0 Å². The molecule has 0 aromatic heterocycles. The molecule has 1 fully saturated rings. The van der Waals surface area contributed by atoms with Gasteiger partial charge in [-0.05, 0) is 39.3 Å². The van der Waals surface area contributed by atoms with Crippen molar-refractivity contribution >= 4 is 0 Å². The Morgan fingerprint density at radius 1 is 1.36 bits per heavy atom. The number of hydrogen-bond acceptors (Lipinski definition) is 2. The lowest BCUT2D eigenvalue weighted by Gasteiger charge is -2.46. The summed E-state index contributed by atoms with van der Waals surface area (Å²) in [6.45, 7) is 3.45. The molecule has 0 aromatic carbocycles. The smallest absolute Gasteiger partial charge is 0.0104 e. The van der Waals surface area contributed by atoms with Crippen molar-refractivity contribution in [2.75, 3.05) is 20.6 Å². The van der Waals surface area contributed by atoms with Gasteiger partial charge in [0.15, 0.2) is 0 Å². The Hall–Kier alpha value is -0.0800. The van der Waals surface area contributed by atoms with E-state index in [0.29, 0.717) is 11.5 Å². The molecule has 0 bridgehead atoms. The van der Waals surface area contributed by atoms with Crippen LogP contribution in [0.25, 0.3) is 0 Å². The molecule has 11 heavy (non-hydrogen) atoms. The molecule has 0 radical (unpaired) electrons. The lowest BCUT2D eigenvalue weighted by atomic mass is 9.64. The summed E-state index contributed by atoms with van der Waals surface area (Å²) in [6, 6.07) is 0.656. The van der Waals surface area contributed by atoms with Crippen LogP contribution >= 0.6 is 0 Å². The second-order valence-electron chi connectivity index (χ2n) is 3.76. The zero-order chi connectivity index (χ0) is 8.32. The number of nitrogens with one attached hydrogen (secondary N) is 2.